The highest BCUT2D eigenvalue weighted by Crippen LogP contribution is 2.35. The van der Waals surface area contributed by atoms with Crippen molar-refractivity contribution in [2.45, 2.75) is 0 Å². The zero-order chi connectivity index (χ0) is 12.6. The number of anilines is 1. The van der Waals surface area contributed by atoms with Crippen LogP contribution in [0.15, 0.2) is 18.2 Å². The molecule has 18 heavy (non-hydrogen) atoms. The monoisotopic (exact) mass is 246 g/mol. The fourth-order valence-corrected chi connectivity index (χ4v) is 1.78. The van der Waals surface area contributed by atoms with Crippen LogP contribution in [0.2, 0.25) is 0 Å². The first-order valence-corrected chi connectivity index (χ1v) is 5.44. The molecule has 0 aromatic heterocycles. The van der Waals surface area contributed by atoms with Gasteiger partial charge in [-0.05, 0) is 12.1 Å². The smallest absolute Gasteiger partial charge is 0.249 e. The van der Waals surface area contributed by atoms with E-state index in [9.17, 15) is 4.79 Å². The first-order chi connectivity index (χ1) is 8.73. The zero-order valence-electron chi connectivity index (χ0n) is 9.43. The highest BCUT2D eigenvalue weighted by atomic mass is 16.7. The number of fused-ring (bicyclic) bond motifs is 1. The van der Waals surface area contributed by atoms with Crippen molar-refractivity contribution in [3.05, 3.63) is 18.2 Å². The fourth-order valence-electron chi connectivity index (χ4n) is 1.78. The first kappa shape index (κ1) is 10.9. The van der Waals surface area contributed by atoms with Crippen molar-refractivity contribution in [2.75, 3.05) is 25.3 Å². The molecule has 0 spiro atoms. The molecular formula is C12H10N2O4. The molecule has 0 unspecified atom stereocenters. The SMILES string of the molecule is N#CC1(C(=O)Nc2ccc3c(c2)OCO3)COC1. The molecule has 0 bridgehead atoms. The van der Waals surface area contributed by atoms with Crippen LogP contribution in [0.1, 0.15) is 0 Å². The summed E-state index contributed by atoms with van der Waals surface area (Å²) in [6, 6.07) is 7.09. The second-order valence-corrected chi connectivity index (χ2v) is 4.21. The lowest BCUT2D eigenvalue weighted by molar-refractivity contribution is -0.144. The van der Waals surface area contributed by atoms with Gasteiger partial charge in [0.15, 0.2) is 16.9 Å². The summed E-state index contributed by atoms with van der Waals surface area (Å²) < 4.78 is 15.3. The molecular weight excluding hydrogens is 236 g/mol. The molecule has 1 N–H and O–H groups in total. The average Bonchev–Trinajstić information content (AvgIpc) is 2.75. The minimum Gasteiger partial charge on any atom is -0.454 e. The van der Waals surface area contributed by atoms with E-state index in [0.29, 0.717) is 17.2 Å². The number of carbonyl (C=O) groups is 1. The number of amides is 1. The molecule has 1 fully saturated rings. The van der Waals surface area contributed by atoms with Gasteiger partial charge >= 0.3 is 0 Å². The van der Waals surface area contributed by atoms with Crippen LogP contribution >= 0.6 is 0 Å². The van der Waals surface area contributed by atoms with Crippen molar-refractivity contribution in [3.63, 3.8) is 0 Å². The molecule has 1 saturated heterocycles. The van der Waals surface area contributed by atoms with Crippen molar-refractivity contribution in [3.8, 4) is 17.6 Å². The molecule has 1 aromatic rings. The zero-order valence-corrected chi connectivity index (χ0v) is 9.43. The lowest BCUT2D eigenvalue weighted by Crippen LogP contribution is -2.50. The Morgan fingerprint density at radius 1 is 1.33 bits per heavy atom. The van der Waals surface area contributed by atoms with E-state index < -0.39 is 5.41 Å². The number of nitrogens with one attached hydrogen (secondary N) is 1. The van der Waals surface area contributed by atoms with Crippen LogP contribution in [-0.4, -0.2) is 25.9 Å². The summed E-state index contributed by atoms with van der Waals surface area (Å²) in [6.07, 6.45) is 0. The molecule has 6 heteroatoms. The van der Waals surface area contributed by atoms with E-state index in [1.54, 1.807) is 18.2 Å². The molecule has 0 saturated carbocycles. The number of ether oxygens (including phenoxy) is 3. The van der Waals surface area contributed by atoms with Gasteiger partial charge in [-0.2, -0.15) is 5.26 Å². The molecule has 0 atom stereocenters. The van der Waals surface area contributed by atoms with Crippen molar-refractivity contribution >= 4 is 11.6 Å². The molecule has 3 rings (SSSR count). The van der Waals surface area contributed by atoms with Gasteiger partial charge in [-0.15, -0.1) is 0 Å². The maximum atomic E-state index is 12.0. The maximum absolute atomic E-state index is 12.0. The van der Waals surface area contributed by atoms with Crippen LogP contribution in [0.4, 0.5) is 5.69 Å². The standard InChI is InChI=1S/C12H10N2O4/c13-4-12(5-16-6-12)11(15)14-8-1-2-9-10(3-8)18-7-17-9/h1-3H,5-7H2,(H,14,15). The Labute approximate surface area is 103 Å². The highest BCUT2D eigenvalue weighted by molar-refractivity contribution is 5.98. The van der Waals surface area contributed by atoms with Crippen LogP contribution in [0.3, 0.4) is 0 Å². The number of hydrogen-bond donors (Lipinski definition) is 1. The Hall–Kier alpha value is -2.26. The van der Waals surface area contributed by atoms with E-state index in [-0.39, 0.29) is 25.9 Å². The predicted octanol–water partition coefficient (Wildman–Crippen LogP) is 0.894. The summed E-state index contributed by atoms with van der Waals surface area (Å²) in [7, 11) is 0. The first-order valence-electron chi connectivity index (χ1n) is 5.44. The van der Waals surface area contributed by atoms with E-state index in [2.05, 4.69) is 5.32 Å². The van der Waals surface area contributed by atoms with E-state index in [4.69, 9.17) is 19.5 Å². The Morgan fingerprint density at radius 3 is 2.78 bits per heavy atom. The molecule has 6 nitrogen and oxygen atoms in total. The summed E-state index contributed by atoms with van der Waals surface area (Å²) in [5.74, 6) is 0.883. The number of nitrogens with zero attached hydrogens (tertiary/aromatic N) is 1. The number of hydrogen-bond acceptors (Lipinski definition) is 5. The quantitative estimate of drug-likeness (QED) is 0.838. The summed E-state index contributed by atoms with van der Waals surface area (Å²) in [4.78, 5) is 12.0. The van der Waals surface area contributed by atoms with Gasteiger partial charge in [0.25, 0.3) is 0 Å². The topological polar surface area (TPSA) is 80.6 Å². The Balaban J connectivity index is 1.77. The Kier molecular flexibility index (Phi) is 2.35. The van der Waals surface area contributed by atoms with Gasteiger partial charge in [-0.3, -0.25) is 4.79 Å². The Morgan fingerprint density at radius 2 is 2.11 bits per heavy atom. The molecule has 0 aliphatic carbocycles. The molecule has 2 aliphatic rings. The van der Waals surface area contributed by atoms with Crippen molar-refractivity contribution in [2.24, 2.45) is 5.41 Å². The third-order valence-corrected chi connectivity index (χ3v) is 2.98. The fraction of sp³-hybridized carbons (Fsp3) is 0.333. The highest BCUT2D eigenvalue weighted by Gasteiger charge is 2.46. The van der Waals surface area contributed by atoms with E-state index in [0.717, 1.165) is 0 Å². The number of carbonyl (C=O) groups excluding carboxylic acids is 1. The van der Waals surface area contributed by atoms with Crippen LogP contribution in [-0.2, 0) is 9.53 Å². The maximum Gasteiger partial charge on any atom is 0.249 e. The third kappa shape index (κ3) is 1.57. The molecule has 2 heterocycles. The van der Waals surface area contributed by atoms with Gasteiger partial charge in [0.1, 0.15) is 0 Å². The minimum absolute atomic E-state index is 0.139. The normalized spacial score (nSPS) is 18.6. The molecule has 2 aliphatic heterocycles. The second kappa shape index (κ2) is 3.89. The van der Waals surface area contributed by atoms with Crippen molar-refractivity contribution in [1.29, 1.82) is 5.26 Å². The van der Waals surface area contributed by atoms with Gasteiger partial charge in [-0.1, -0.05) is 0 Å². The molecule has 0 radical (unpaired) electrons. The van der Waals surface area contributed by atoms with Gasteiger partial charge in [0.2, 0.25) is 12.7 Å². The van der Waals surface area contributed by atoms with Crippen molar-refractivity contribution < 1.29 is 19.0 Å². The van der Waals surface area contributed by atoms with Gasteiger partial charge in [-0.25, -0.2) is 0 Å². The minimum atomic E-state index is -1.06. The van der Waals surface area contributed by atoms with E-state index >= 15 is 0 Å². The van der Waals surface area contributed by atoms with E-state index in [1.165, 1.54) is 0 Å². The Bertz CT molecular complexity index is 545. The van der Waals surface area contributed by atoms with Gasteiger partial charge < -0.3 is 19.5 Å². The van der Waals surface area contributed by atoms with Crippen LogP contribution < -0.4 is 14.8 Å². The summed E-state index contributed by atoms with van der Waals surface area (Å²) in [5.41, 5.74) is -0.484. The summed E-state index contributed by atoms with van der Waals surface area (Å²) in [6.45, 7) is 0.461. The largest absolute Gasteiger partial charge is 0.454 e. The van der Waals surface area contributed by atoms with E-state index in [1.807, 2.05) is 6.07 Å². The number of nitriles is 1. The van der Waals surface area contributed by atoms with Gasteiger partial charge in [0.05, 0.1) is 19.3 Å². The number of rotatable bonds is 2. The number of benzene rings is 1. The lowest BCUT2D eigenvalue weighted by Gasteiger charge is -2.33. The third-order valence-electron chi connectivity index (χ3n) is 2.98. The lowest BCUT2D eigenvalue weighted by atomic mass is 9.87. The van der Waals surface area contributed by atoms with Crippen LogP contribution in [0, 0.1) is 16.7 Å². The molecule has 1 amide bonds. The van der Waals surface area contributed by atoms with Gasteiger partial charge in [0, 0.05) is 11.8 Å². The molecule has 92 valence electrons. The summed E-state index contributed by atoms with van der Waals surface area (Å²) >= 11 is 0. The van der Waals surface area contributed by atoms with Crippen LogP contribution in [0.5, 0.6) is 11.5 Å². The summed E-state index contributed by atoms with van der Waals surface area (Å²) in [5, 5.41) is 11.7. The molecule has 1 aromatic carbocycles. The average molecular weight is 246 g/mol. The van der Waals surface area contributed by atoms with Crippen molar-refractivity contribution in [1.82, 2.24) is 0 Å². The second-order valence-electron chi connectivity index (χ2n) is 4.21. The van der Waals surface area contributed by atoms with Crippen LogP contribution in [0.25, 0.3) is 0 Å². The predicted molar refractivity (Wildman–Crippen MR) is 60.1 cm³/mol.